The minimum atomic E-state index is -0.138. The van der Waals surface area contributed by atoms with Gasteiger partial charge in [0.05, 0.1) is 11.7 Å². The molecule has 2 heteroatoms. The Morgan fingerprint density at radius 3 is 2.50 bits per heavy atom. The SMILES string of the molecule is Cc1ccc(C(N)c2ccccn2)cc1C. The lowest BCUT2D eigenvalue weighted by Gasteiger charge is -2.12. The maximum Gasteiger partial charge on any atom is 0.0726 e. The highest BCUT2D eigenvalue weighted by Gasteiger charge is 2.09. The Morgan fingerprint density at radius 1 is 1.06 bits per heavy atom. The molecule has 0 aliphatic rings. The molecule has 0 fully saturated rings. The summed E-state index contributed by atoms with van der Waals surface area (Å²) < 4.78 is 0. The van der Waals surface area contributed by atoms with Crippen molar-refractivity contribution in [3.8, 4) is 0 Å². The Kier molecular flexibility index (Phi) is 3.02. The van der Waals surface area contributed by atoms with Crippen molar-refractivity contribution in [2.24, 2.45) is 5.73 Å². The van der Waals surface area contributed by atoms with E-state index in [0.717, 1.165) is 11.3 Å². The van der Waals surface area contributed by atoms with Crippen LogP contribution >= 0.6 is 0 Å². The van der Waals surface area contributed by atoms with Crippen molar-refractivity contribution in [1.29, 1.82) is 0 Å². The third kappa shape index (κ3) is 2.12. The summed E-state index contributed by atoms with van der Waals surface area (Å²) >= 11 is 0. The van der Waals surface area contributed by atoms with Gasteiger partial charge < -0.3 is 5.73 Å². The van der Waals surface area contributed by atoms with E-state index in [4.69, 9.17) is 5.73 Å². The van der Waals surface area contributed by atoms with E-state index in [1.807, 2.05) is 18.2 Å². The van der Waals surface area contributed by atoms with Crippen LogP contribution in [0.1, 0.15) is 28.4 Å². The molecule has 0 radical (unpaired) electrons. The maximum atomic E-state index is 6.17. The van der Waals surface area contributed by atoms with Gasteiger partial charge in [0.2, 0.25) is 0 Å². The molecule has 0 aliphatic carbocycles. The molecule has 2 rings (SSSR count). The largest absolute Gasteiger partial charge is 0.319 e. The molecule has 1 heterocycles. The van der Waals surface area contributed by atoms with Crippen LogP contribution in [0.15, 0.2) is 42.6 Å². The number of pyridine rings is 1. The second kappa shape index (κ2) is 4.45. The maximum absolute atomic E-state index is 6.17. The average molecular weight is 212 g/mol. The highest BCUT2D eigenvalue weighted by Crippen LogP contribution is 2.19. The lowest BCUT2D eigenvalue weighted by atomic mass is 9.99. The second-order valence-corrected chi connectivity index (χ2v) is 4.08. The van der Waals surface area contributed by atoms with Crippen molar-refractivity contribution < 1.29 is 0 Å². The highest BCUT2D eigenvalue weighted by molar-refractivity contribution is 5.34. The van der Waals surface area contributed by atoms with Crippen molar-refractivity contribution in [3.63, 3.8) is 0 Å². The van der Waals surface area contributed by atoms with Crippen LogP contribution in [0, 0.1) is 13.8 Å². The first-order valence-electron chi connectivity index (χ1n) is 5.42. The van der Waals surface area contributed by atoms with E-state index < -0.39 is 0 Å². The minimum absolute atomic E-state index is 0.138. The quantitative estimate of drug-likeness (QED) is 0.831. The van der Waals surface area contributed by atoms with Crippen LogP contribution < -0.4 is 5.73 Å². The van der Waals surface area contributed by atoms with E-state index in [9.17, 15) is 0 Å². The number of rotatable bonds is 2. The van der Waals surface area contributed by atoms with Gasteiger partial charge >= 0.3 is 0 Å². The first-order chi connectivity index (χ1) is 7.68. The van der Waals surface area contributed by atoms with E-state index in [0.29, 0.717) is 0 Å². The van der Waals surface area contributed by atoms with Gasteiger partial charge in [-0.2, -0.15) is 0 Å². The number of nitrogens with zero attached hydrogens (tertiary/aromatic N) is 1. The fourth-order valence-corrected chi connectivity index (χ4v) is 1.69. The molecule has 2 nitrogen and oxygen atoms in total. The standard InChI is InChI=1S/C14H16N2/c1-10-6-7-12(9-11(10)2)14(15)13-5-3-4-8-16-13/h3-9,14H,15H2,1-2H3. The number of benzene rings is 1. The van der Waals surface area contributed by atoms with Crippen molar-refractivity contribution in [1.82, 2.24) is 4.98 Å². The number of hydrogen-bond acceptors (Lipinski definition) is 2. The molecule has 2 aromatic rings. The molecule has 0 spiro atoms. The van der Waals surface area contributed by atoms with Crippen LogP contribution in [0.25, 0.3) is 0 Å². The third-order valence-electron chi connectivity index (χ3n) is 2.90. The summed E-state index contributed by atoms with van der Waals surface area (Å²) in [6, 6.07) is 12.0. The topological polar surface area (TPSA) is 38.9 Å². The summed E-state index contributed by atoms with van der Waals surface area (Å²) in [6.07, 6.45) is 1.77. The summed E-state index contributed by atoms with van der Waals surface area (Å²) in [6.45, 7) is 4.20. The Bertz CT molecular complexity index is 477. The van der Waals surface area contributed by atoms with E-state index in [1.165, 1.54) is 11.1 Å². The first kappa shape index (κ1) is 10.8. The molecule has 1 aromatic carbocycles. The highest BCUT2D eigenvalue weighted by atomic mass is 14.8. The van der Waals surface area contributed by atoms with Gasteiger partial charge in [0.25, 0.3) is 0 Å². The summed E-state index contributed by atoms with van der Waals surface area (Å²) in [7, 11) is 0. The second-order valence-electron chi connectivity index (χ2n) is 4.08. The molecule has 1 aromatic heterocycles. The predicted octanol–water partition coefficient (Wildman–Crippen LogP) is 2.75. The summed E-state index contributed by atoms with van der Waals surface area (Å²) in [4.78, 5) is 4.28. The molecule has 2 N–H and O–H groups in total. The van der Waals surface area contributed by atoms with Crippen LogP contribution in [0.3, 0.4) is 0 Å². The normalized spacial score (nSPS) is 12.4. The molecule has 0 aliphatic heterocycles. The number of hydrogen-bond donors (Lipinski definition) is 1. The van der Waals surface area contributed by atoms with Gasteiger partial charge in [0.15, 0.2) is 0 Å². The zero-order valence-corrected chi connectivity index (χ0v) is 9.64. The third-order valence-corrected chi connectivity index (χ3v) is 2.90. The Labute approximate surface area is 96.1 Å². The molecule has 0 bridgehead atoms. The van der Waals surface area contributed by atoms with Gasteiger partial charge in [-0.1, -0.05) is 24.3 Å². The first-order valence-corrected chi connectivity index (χ1v) is 5.42. The van der Waals surface area contributed by atoms with E-state index >= 15 is 0 Å². The molecule has 1 atom stereocenters. The van der Waals surface area contributed by atoms with E-state index in [1.54, 1.807) is 6.20 Å². The zero-order chi connectivity index (χ0) is 11.5. The molecular weight excluding hydrogens is 196 g/mol. The fourth-order valence-electron chi connectivity index (χ4n) is 1.69. The molecule has 0 amide bonds. The molecule has 1 unspecified atom stereocenters. The van der Waals surface area contributed by atoms with Crippen molar-refractivity contribution in [2.75, 3.05) is 0 Å². The van der Waals surface area contributed by atoms with Gasteiger partial charge in [0, 0.05) is 6.20 Å². The van der Waals surface area contributed by atoms with Gasteiger partial charge in [-0.15, -0.1) is 0 Å². The van der Waals surface area contributed by atoms with Crippen LogP contribution in [0.5, 0.6) is 0 Å². The molecule has 0 saturated carbocycles. The summed E-state index contributed by atoms with van der Waals surface area (Å²) in [5, 5.41) is 0. The van der Waals surface area contributed by atoms with Gasteiger partial charge in [-0.05, 0) is 42.7 Å². The van der Waals surface area contributed by atoms with Crippen LogP contribution in [-0.2, 0) is 0 Å². The number of aromatic nitrogens is 1. The Morgan fingerprint density at radius 2 is 1.88 bits per heavy atom. The van der Waals surface area contributed by atoms with E-state index in [-0.39, 0.29) is 6.04 Å². The Balaban J connectivity index is 2.34. The zero-order valence-electron chi connectivity index (χ0n) is 9.64. The van der Waals surface area contributed by atoms with Crippen molar-refractivity contribution >= 4 is 0 Å². The fraction of sp³-hybridized carbons (Fsp3) is 0.214. The van der Waals surface area contributed by atoms with Gasteiger partial charge in [-0.25, -0.2) is 0 Å². The lowest BCUT2D eigenvalue weighted by molar-refractivity contribution is 0.827. The smallest absolute Gasteiger partial charge is 0.0726 e. The average Bonchev–Trinajstić information content (AvgIpc) is 2.33. The van der Waals surface area contributed by atoms with E-state index in [2.05, 4.69) is 37.0 Å². The molecule has 16 heavy (non-hydrogen) atoms. The Hall–Kier alpha value is -1.67. The molecule has 0 saturated heterocycles. The summed E-state index contributed by atoms with van der Waals surface area (Å²) in [5.41, 5.74) is 10.7. The lowest BCUT2D eigenvalue weighted by Crippen LogP contribution is -2.13. The van der Waals surface area contributed by atoms with Crippen molar-refractivity contribution in [3.05, 3.63) is 65.0 Å². The van der Waals surface area contributed by atoms with Crippen molar-refractivity contribution in [2.45, 2.75) is 19.9 Å². The van der Waals surface area contributed by atoms with Crippen LogP contribution in [0.4, 0.5) is 0 Å². The monoisotopic (exact) mass is 212 g/mol. The summed E-state index contributed by atoms with van der Waals surface area (Å²) in [5.74, 6) is 0. The molecular formula is C14H16N2. The predicted molar refractivity (Wildman–Crippen MR) is 66.2 cm³/mol. The minimum Gasteiger partial charge on any atom is -0.319 e. The van der Waals surface area contributed by atoms with Gasteiger partial charge in [0.1, 0.15) is 0 Å². The molecule has 82 valence electrons. The van der Waals surface area contributed by atoms with Gasteiger partial charge in [-0.3, -0.25) is 4.98 Å². The van der Waals surface area contributed by atoms with Crippen LogP contribution in [0.2, 0.25) is 0 Å². The van der Waals surface area contributed by atoms with Crippen LogP contribution in [-0.4, -0.2) is 4.98 Å². The number of aryl methyl sites for hydroxylation is 2. The number of nitrogens with two attached hydrogens (primary N) is 1.